The number of unbranched alkanes of at least 4 members (excludes halogenated alkanes) is 4. The molecule has 0 fully saturated rings. The summed E-state index contributed by atoms with van der Waals surface area (Å²) < 4.78 is 9.17. The van der Waals surface area contributed by atoms with Crippen LogP contribution in [0.3, 0.4) is 0 Å². The molecule has 0 radical (unpaired) electrons. The average molecular weight is 485 g/mol. The second-order valence-electron chi connectivity index (χ2n) is 9.40. The van der Waals surface area contributed by atoms with Gasteiger partial charge in [-0.2, -0.15) is 5.10 Å². The number of aryl methyl sites for hydroxylation is 4. The first-order chi connectivity index (χ1) is 17.8. The molecule has 188 valence electrons. The summed E-state index contributed by atoms with van der Waals surface area (Å²) in [7, 11) is 1.97. The third kappa shape index (κ3) is 8.52. The van der Waals surface area contributed by atoms with Crippen molar-refractivity contribution in [1.82, 2.24) is 9.13 Å². The molecule has 6 heteroatoms. The SMILES string of the molecule is CN(/N=C/c1cc[n+](CCCCCC[n+]2ccn(CCCCn3cccc3)c2)cc1)c1ccccc1. The van der Waals surface area contributed by atoms with E-state index in [1.54, 1.807) is 0 Å². The van der Waals surface area contributed by atoms with Gasteiger partial charge in [0.25, 0.3) is 0 Å². The number of rotatable bonds is 15. The summed E-state index contributed by atoms with van der Waals surface area (Å²) in [6.07, 6.45) is 24.6. The van der Waals surface area contributed by atoms with Gasteiger partial charge in [0, 0.05) is 50.1 Å². The van der Waals surface area contributed by atoms with Crippen molar-refractivity contribution in [2.75, 3.05) is 12.1 Å². The zero-order chi connectivity index (χ0) is 24.8. The molecular formula is C30H40N6+2. The molecule has 4 rings (SSSR count). The second kappa shape index (κ2) is 14.0. The van der Waals surface area contributed by atoms with Gasteiger partial charge in [-0.05, 0) is 56.4 Å². The summed E-state index contributed by atoms with van der Waals surface area (Å²) in [5.41, 5.74) is 2.19. The highest BCUT2D eigenvalue weighted by Gasteiger charge is 2.05. The number of benzene rings is 1. The number of hydrogen-bond donors (Lipinski definition) is 0. The van der Waals surface area contributed by atoms with E-state index < -0.39 is 0 Å². The molecule has 0 amide bonds. The minimum absolute atomic E-state index is 1.06. The summed E-state index contributed by atoms with van der Waals surface area (Å²) in [5, 5.41) is 6.43. The molecule has 3 heterocycles. The maximum absolute atomic E-state index is 4.54. The molecule has 4 aromatic rings. The maximum atomic E-state index is 4.54. The lowest BCUT2D eigenvalue weighted by molar-refractivity contribution is -0.698. The Morgan fingerprint density at radius 3 is 2.08 bits per heavy atom. The first-order valence-corrected chi connectivity index (χ1v) is 13.2. The number of pyridine rings is 1. The van der Waals surface area contributed by atoms with Crippen molar-refractivity contribution in [1.29, 1.82) is 0 Å². The Hall–Kier alpha value is -3.67. The Balaban J connectivity index is 1.06. The van der Waals surface area contributed by atoms with Gasteiger partial charge in [-0.3, -0.25) is 5.01 Å². The smallest absolute Gasteiger partial charge is 0.243 e. The standard InChI is InChI=1S/C30H40N6/c1-32(30-13-5-4-6-14-30)31-27-29-15-23-34(24-16-29)17-7-2-3-8-21-35-25-26-36(28-35)22-12-11-20-33-18-9-10-19-33/h4-6,9-10,13-16,18-19,23-28H,2-3,7-8,11-12,17,20-22H2,1H3/q+2. The summed E-state index contributed by atoms with van der Waals surface area (Å²) >= 11 is 0. The Kier molecular flexibility index (Phi) is 9.91. The van der Waals surface area contributed by atoms with Crippen LogP contribution < -0.4 is 14.1 Å². The van der Waals surface area contributed by atoms with Crippen LogP contribution >= 0.6 is 0 Å². The molecule has 0 saturated carbocycles. The van der Waals surface area contributed by atoms with Crippen LogP contribution in [-0.4, -0.2) is 22.4 Å². The highest BCUT2D eigenvalue weighted by Crippen LogP contribution is 2.11. The predicted molar refractivity (Wildman–Crippen MR) is 146 cm³/mol. The lowest BCUT2D eigenvalue weighted by atomic mass is 10.2. The number of nitrogens with zero attached hydrogens (tertiary/aromatic N) is 6. The fourth-order valence-electron chi connectivity index (χ4n) is 4.32. The van der Waals surface area contributed by atoms with Gasteiger partial charge in [-0.1, -0.05) is 18.2 Å². The van der Waals surface area contributed by atoms with Gasteiger partial charge >= 0.3 is 0 Å². The van der Waals surface area contributed by atoms with Crippen molar-refractivity contribution < 1.29 is 9.13 Å². The van der Waals surface area contributed by atoms with Crippen LogP contribution in [0.5, 0.6) is 0 Å². The van der Waals surface area contributed by atoms with E-state index in [1.165, 1.54) is 38.5 Å². The monoisotopic (exact) mass is 484 g/mol. The first-order valence-electron chi connectivity index (χ1n) is 13.2. The van der Waals surface area contributed by atoms with Crippen LogP contribution in [0.15, 0.2) is 103 Å². The molecule has 1 aromatic carbocycles. The third-order valence-corrected chi connectivity index (χ3v) is 6.50. The third-order valence-electron chi connectivity index (χ3n) is 6.50. The van der Waals surface area contributed by atoms with Crippen LogP contribution in [-0.2, 0) is 26.2 Å². The number of para-hydroxylation sites is 1. The van der Waals surface area contributed by atoms with Gasteiger partial charge in [0.1, 0.15) is 18.9 Å². The summed E-state index contributed by atoms with van der Waals surface area (Å²) in [5.74, 6) is 0. The number of aromatic nitrogens is 4. The topological polar surface area (TPSA) is 33.2 Å². The largest absolute Gasteiger partial charge is 0.354 e. The Labute approximate surface area is 215 Å². The molecule has 0 spiro atoms. The molecule has 6 nitrogen and oxygen atoms in total. The van der Waals surface area contributed by atoms with E-state index >= 15 is 0 Å². The van der Waals surface area contributed by atoms with Crippen LogP contribution in [0.4, 0.5) is 5.69 Å². The Morgan fingerprint density at radius 2 is 1.36 bits per heavy atom. The van der Waals surface area contributed by atoms with E-state index in [0.29, 0.717) is 0 Å². The van der Waals surface area contributed by atoms with Crippen molar-refractivity contribution >= 4 is 11.9 Å². The van der Waals surface area contributed by atoms with Gasteiger partial charge in [-0.15, -0.1) is 0 Å². The van der Waals surface area contributed by atoms with Crippen LogP contribution in [0, 0.1) is 0 Å². The predicted octanol–water partition coefficient (Wildman–Crippen LogP) is 5.08. The number of anilines is 1. The molecular weight excluding hydrogens is 444 g/mol. The van der Waals surface area contributed by atoms with E-state index in [1.807, 2.05) is 36.5 Å². The summed E-state index contributed by atoms with van der Waals surface area (Å²) in [4.78, 5) is 0. The van der Waals surface area contributed by atoms with Crippen molar-refractivity contribution in [2.24, 2.45) is 5.10 Å². The molecule has 0 saturated heterocycles. The van der Waals surface area contributed by atoms with Crippen molar-refractivity contribution in [3.05, 3.63) is 104 Å². The van der Waals surface area contributed by atoms with Gasteiger partial charge in [0.15, 0.2) is 12.4 Å². The molecule has 0 atom stereocenters. The lowest BCUT2D eigenvalue weighted by Gasteiger charge is -2.11. The molecule has 36 heavy (non-hydrogen) atoms. The number of hydrogen-bond acceptors (Lipinski definition) is 2. The van der Waals surface area contributed by atoms with E-state index in [2.05, 4.69) is 103 Å². The molecule has 3 aromatic heterocycles. The van der Waals surface area contributed by atoms with Crippen LogP contribution in [0.25, 0.3) is 0 Å². The fourth-order valence-corrected chi connectivity index (χ4v) is 4.32. The van der Waals surface area contributed by atoms with Crippen LogP contribution in [0.2, 0.25) is 0 Å². The van der Waals surface area contributed by atoms with E-state index in [-0.39, 0.29) is 0 Å². The number of imidazole rings is 1. The van der Waals surface area contributed by atoms with E-state index in [4.69, 9.17) is 0 Å². The zero-order valence-electron chi connectivity index (χ0n) is 21.6. The Morgan fingerprint density at radius 1 is 0.694 bits per heavy atom. The minimum atomic E-state index is 1.06. The van der Waals surface area contributed by atoms with Crippen LogP contribution in [0.1, 0.15) is 44.1 Å². The van der Waals surface area contributed by atoms with Crippen molar-refractivity contribution in [3.63, 3.8) is 0 Å². The van der Waals surface area contributed by atoms with Crippen molar-refractivity contribution in [3.8, 4) is 0 Å². The second-order valence-corrected chi connectivity index (χ2v) is 9.40. The zero-order valence-corrected chi connectivity index (χ0v) is 21.6. The summed E-state index contributed by atoms with van der Waals surface area (Å²) in [6, 6.07) is 18.6. The average Bonchev–Trinajstić information content (AvgIpc) is 3.61. The van der Waals surface area contributed by atoms with E-state index in [0.717, 1.165) is 37.4 Å². The van der Waals surface area contributed by atoms with E-state index in [9.17, 15) is 0 Å². The maximum Gasteiger partial charge on any atom is 0.243 e. The molecule has 0 unspecified atom stereocenters. The highest BCUT2D eigenvalue weighted by molar-refractivity contribution is 5.79. The quantitative estimate of drug-likeness (QED) is 0.100. The van der Waals surface area contributed by atoms with Gasteiger partial charge in [0.05, 0.1) is 25.0 Å². The molecule has 0 bridgehead atoms. The normalized spacial score (nSPS) is 11.4. The molecule has 0 aliphatic carbocycles. The van der Waals surface area contributed by atoms with Gasteiger partial charge < -0.3 is 4.57 Å². The summed E-state index contributed by atoms with van der Waals surface area (Å²) in [6.45, 7) is 4.38. The Bertz CT molecular complexity index is 1150. The van der Waals surface area contributed by atoms with Gasteiger partial charge in [0.2, 0.25) is 6.33 Å². The number of hydrazone groups is 1. The minimum Gasteiger partial charge on any atom is -0.354 e. The first kappa shape index (κ1) is 25.4. The molecule has 0 N–H and O–H groups in total. The molecule has 0 aliphatic rings. The van der Waals surface area contributed by atoms with Crippen molar-refractivity contribution in [2.45, 2.75) is 64.7 Å². The lowest BCUT2D eigenvalue weighted by Crippen LogP contribution is -2.32. The fraction of sp³-hybridized carbons (Fsp3) is 0.367. The van der Waals surface area contributed by atoms with Gasteiger partial charge in [-0.25, -0.2) is 13.7 Å². The highest BCUT2D eigenvalue weighted by atomic mass is 15.4. The molecule has 0 aliphatic heterocycles.